The van der Waals surface area contributed by atoms with Crippen molar-refractivity contribution < 1.29 is 8.42 Å². The van der Waals surface area contributed by atoms with Crippen molar-refractivity contribution in [3.05, 3.63) is 23.8 Å². The van der Waals surface area contributed by atoms with Crippen molar-refractivity contribution in [2.45, 2.75) is 24.8 Å². The fourth-order valence-corrected chi connectivity index (χ4v) is 3.35. The second kappa shape index (κ2) is 5.69. The first-order valence-corrected chi connectivity index (χ1v) is 7.24. The molecule has 0 radical (unpaired) electrons. The molecule has 0 heterocycles. The third-order valence-electron chi connectivity index (χ3n) is 2.61. The highest BCUT2D eigenvalue weighted by Gasteiger charge is 2.20. The number of nitrogens with zero attached hydrogens (tertiary/aromatic N) is 1. The van der Waals surface area contributed by atoms with E-state index < -0.39 is 10.0 Å². The second-order valence-corrected chi connectivity index (χ2v) is 6.44. The maximum Gasteiger partial charge on any atom is 0.241 e. The molecule has 0 aromatic heterocycles. The van der Waals surface area contributed by atoms with Gasteiger partial charge in [-0.15, -0.1) is 0 Å². The second-order valence-electron chi connectivity index (χ2n) is 4.75. The van der Waals surface area contributed by atoms with E-state index in [4.69, 9.17) is 5.73 Å². The van der Waals surface area contributed by atoms with Crippen LogP contribution >= 0.6 is 0 Å². The average molecular weight is 271 g/mol. The Labute approximate surface area is 109 Å². The average Bonchev–Trinajstić information content (AvgIpc) is 2.19. The highest BCUT2D eigenvalue weighted by atomic mass is 32.2. The summed E-state index contributed by atoms with van der Waals surface area (Å²) in [6, 6.07) is 4.74. The minimum absolute atomic E-state index is 0.161. The number of anilines is 1. The molecular formula is C12H21N3O2S. The summed E-state index contributed by atoms with van der Waals surface area (Å²) in [6.07, 6.45) is 0. The lowest BCUT2D eigenvalue weighted by Crippen LogP contribution is -2.39. The summed E-state index contributed by atoms with van der Waals surface area (Å²) in [5, 5.41) is 0. The monoisotopic (exact) mass is 271 g/mol. The van der Waals surface area contributed by atoms with Crippen molar-refractivity contribution in [1.82, 2.24) is 9.62 Å². The molecule has 18 heavy (non-hydrogen) atoms. The minimum atomic E-state index is -3.51. The first-order valence-electron chi connectivity index (χ1n) is 5.76. The van der Waals surface area contributed by atoms with Gasteiger partial charge in [-0.2, -0.15) is 0 Å². The van der Waals surface area contributed by atoms with Crippen LogP contribution in [0.4, 0.5) is 5.69 Å². The quantitative estimate of drug-likeness (QED) is 0.777. The van der Waals surface area contributed by atoms with Crippen LogP contribution in [0.5, 0.6) is 0 Å². The number of nitrogens with two attached hydrogens (primary N) is 1. The first-order chi connectivity index (χ1) is 8.24. The van der Waals surface area contributed by atoms with Crippen molar-refractivity contribution in [3.63, 3.8) is 0 Å². The number of likely N-dealkylation sites (N-methyl/N-ethyl adjacent to an activating group) is 1. The maximum absolute atomic E-state index is 12.2. The Balaban J connectivity index is 2.97. The molecule has 102 valence electrons. The van der Waals surface area contributed by atoms with Gasteiger partial charge in [-0.25, -0.2) is 13.1 Å². The summed E-state index contributed by atoms with van der Waals surface area (Å²) >= 11 is 0. The summed E-state index contributed by atoms with van der Waals surface area (Å²) in [7, 11) is 0.284. The molecule has 3 N–H and O–H groups in total. The predicted octanol–water partition coefficient (Wildman–Crippen LogP) is 0.806. The van der Waals surface area contributed by atoms with Gasteiger partial charge in [0.05, 0.1) is 4.90 Å². The van der Waals surface area contributed by atoms with Crippen molar-refractivity contribution >= 4 is 15.7 Å². The Morgan fingerprint density at radius 1 is 1.39 bits per heavy atom. The lowest BCUT2D eigenvalue weighted by Gasteiger charge is -2.19. The zero-order chi connectivity index (χ0) is 13.9. The number of rotatable bonds is 5. The van der Waals surface area contributed by atoms with Crippen molar-refractivity contribution in [2.24, 2.45) is 0 Å². The molecule has 0 bridgehead atoms. The molecule has 6 heteroatoms. The molecule has 0 aliphatic heterocycles. The van der Waals surface area contributed by atoms with Gasteiger partial charge >= 0.3 is 0 Å². The van der Waals surface area contributed by atoms with Crippen LogP contribution in [0.25, 0.3) is 0 Å². The SMILES string of the molecule is Cc1c(N)cccc1S(=O)(=O)NC(C)CN(C)C. The van der Waals surface area contributed by atoms with Gasteiger partial charge in [0.1, 0.15) is 0 Å². The lowest BCUT2D eigenvalue weighted by atomic mass is 10.2. The number of nitrogens with one attached hydrogen (secondary N) is 1. The van der Waals surface area contributed by atoms with Crippen LogP contribution in [0.2, 0.25) is 0 Å². The van der Waals surface area contributed by atoms with Crippen molar-refractivity contribution in [3.8, 4) is 0 Å². The zero-order valence-corrected chi connectivity index (χ0v) is 12.1. The van der Waals surface area contributed by atoms with Crippen LogP contribution in [0.1, 0.15) is 12.5 Å². The van der Waals surface area contributed by atoms with Crippen molar-refractivity contribution in [2.75, 3.05) is 26.4 Å². The molecule has 0 amide bonds. The van der Waals surface area contributed by atoms with Gasteiger partial charge in [-0.05, 0) is 45.6 Å². The fourth-order valence-electron chi connectivity index (χ4n) is 1.84. The molecule has 1 aromatic carbocycles. The van der Waals surface area contributed by atoms with E-state index in [-0.39, 0.29) is 10.9 Å². The summed E-state index contributed by atoms with van der Waals surface area (Å²) < 4.78 is 27.1. The van der Waals surface area contributed by atoms with E-state index in [1.807, 2.05) is 25.9 Å². The smallest absolute Gasteiger partial charge is 0.241 e. The van der Waals surface area contributed by atoms with Gasteiger partial charge in [-0.1, -0.05) is 6.07 Å². The van der Waals surface area contributed by atoms with E-state index in [1.165, 1.54) is 0 Å². The predicted molar refractivity (Wildman–Crippen MR) is 73.9 cm³/mol. The maximum atomic E-state index is 12.2. The van der Waals surface area contributed by atoms with Crippen LogP contribution < -0.4 is 10.5 Å². The Bertz CT molecular complexity index is 512. The van der Waals surface area contributed by atoms with Gasteiger partial charge in [0, 0.05) is 18.3 Å². The number of hydrogen-bond acceptors (Lipinski definition) is 4. The molecule has 0 aliphatic rings. The molecule has 1 unspecified atom stereocenters. The highest BCUT2D eigenvalue weighted by Crippen LogP contribution is 2.20. The van der Waals surface area contributed by atoms with Crippen LogP contribution in [-0.4, -0.2) is 40.0 Å². The molecular weight excluding hydrogens is 250 g/mol. The molecule has 5 nitrogen and oxygen atoms in total. The molecule has 0 saturated heterocycles. The summed E-state index contributed by atoms with van der Waals surface area (Å²) in [5.74, 6) is 0. The molecule has 1 rings (SSSR count). The molecule has 1 aromatic rings. The number of benzene rings is 1. The summed E-state index contributed by atoms with van der Waals surface area (Å²) in [4.78, 5) is 2.17. The van der Waals surface area contributed by atoms with Gasteiger partial charge in [0.2, 0.25) is 10.0 Å². The van der Waals surface area contributed by atoms with E-state index in [2.05, 4.69) is 4.72 Å². The zero-order valence-electron chi connectivity index (χ0n) is 11.3. The van der Waals surface area contributed by atoms with Gasteiger partial charge in [-0.3, -0.25) is 0 Å². The van der Waals surface area contributed by atoms with E-state index in [0.717, 1.165) is 0 Å². The van der Waals surface area contributed by atoms with E-state index in [0.29, 0.717) is 17.8 Å². The normalized spacial score (nSPS) is 13.8. The van der Waals surface area contributed by atoms with E-state index in [1.54, 1.807) is 25.1 Å². The van der Waals surface area contributed by atoms with Crippen molar-refractivity contribution in [1.29, 1.82) is 0 Å². The number of sulfonamides is 1. The number of hydrogen-bond donors (Lipinski definition) is 2. The third kappa shape index (κ3) is 3.69. The Morgan fingerprint density at radius 2 is 2.00 bits per heavy atom. The minimum Gasteiger partial charge on any atom is -0.398 e. The van der Waals surface area contributed by atoms with Gasteiger partial charge in [0.15, 0.2) is 0 Å². The standard InChI is InChI=1S/C12H21N3O2S/c1-9(8-15(3)4)14-18(16,17)12-7-5-6-11(13)10(12)2/h5-7,9,14H,8,13H2,1-4H3. The molecule has 0 fully saturated rings. The van der Waals surface area contributed by atoms with E-state index in [9.17, 15) is 8.42 Å². The molecule has 1 atom stereocenters. The Hall–Kier alpha value is -1.11. The van der Waals surface area contributed by atoms with Gasteiger partial charge < -0.3 is 10.6 Å². The summed E-state index contributed by atoms with van der Waals surface area (Å²) in [6.45, 7) is 4.18. The van der Waals surface area contributed by atoms with Crippen LogP contribution in [0.3, 0.4) is 0 Å². The van der Waals surface area contributed by atoms with Crippen LogP contribution in [-0.2, 0) is 10.0 Å². The van der Waals surface area contributed by atoms with Gasteiger partial charge in [0.25, 0.3) is 0 Å². The van der Waals surface area contributed by atoms with Crippen LogP contribution in [0.15, 0.2) is 23.1 Å². The fraction of sp³-hybridized carbons (Fsp3) is 0.500. The first kappa shape index (κ1) is 14.9. The molecule has 0 spiro atoms. The molecule has 0 aliphatic carbocycles. The molecule has 0 saturated carbocycles. The largest absolute Gasteiger partial charge is 0.398 e. The number of nitrogen functional groups attached to an aromatic ring is 1. The highest BCUT2D eigenvalue weighted by molar-refractivity contribution is 7.89. The third-order valence-corrected chi connectivity index (χ3v) is 4.34. The Morgan fingerprint density at radius 3 is 2.56 bits per heavy atom. The van der Waals surface area contributed by atoms with E-state index >= 15 is 0 Å². The summed E-state index contributed by atoms with van der Waals surface area (Å²) in [5.41, 5.74) is 6.80. The Kier molecular flexibility index (Phi) is 4.72. The lowest BCUT2D eigenvalue weighted by molar-refractivity contribution is 0.370. The topological polar surface area (TPSA) is 75.4 Å². The van der Waals surface area contributed by atoms with Crippen LogP contribution in [0, 0.1) is 6.92 Å².